The molecule has 0 spiro atoms. The zero-order valence-electron chi connectivity index (χ0n) is 24.9. The van der Waals surface area contributed by atoms with E-state index in [0.717, 1.165) is 32.4 Å². The maximum Gasteiger partial charge on any atom is 0.319 e. The number of hydrogen-bond acceptors (Lipinski definition) is 9. The Morgan fingerprint density at radius 1 is 1.16 bits per heavy atom. The lowest BCUT2D eigenvalue weighted by molar-refractivity contribution is 0.107. The molecule has 3 aliphatic rings. The summed E-state index contributed by atoms with van der Waals surface area (Å²) in [6.07, 6.45) is 4.56. The molecule has 3 fully saturated rings. The molecule has 0 bridgehead atoms. The second kappa shape index (κ2) is 11.0. The number of nitrogens with zero attached hydrogens (tertiary/aromatic N) is 5. The summed E-state index contributed by atoms with van der Waals surface area (Å²) in [7, 11) is 0. The van der Waals surface area contributed by atoms with Crippen molar-refractivity contribution in [3.63, 3.8) is 0 Å². The maximum atomic E-state index is 16.8. The number of aliphatic hydroxyl groups is 2. The Kier molecular flexibility index (Phi) is 7.30. The third-order valence-electron chi connectivity index (χ3n) is 9.75. The Labute approximate surface area is 254 Å². The molecule has 4 atom stereocenters. The molecular formula is C33H37F2N5O4. The number of phenolic OH excluding ortho intramolecular Hbond substituents is 1. The highest BCUT2D eigenvalue weighted by Gasteiger charge is 2.48. The molecule has 2 aromatic carbocycles. The number of benzene rings is 2. The number of anilines is 1. The van der Waals surface area contributed by atoms with Crippen LogP contribution in [-0.4, -0.2) is 85.7 Å². The molecule has 0 amide bonds. The number of aliphatic hydroxyl groups excluding tert-OH is 2. The number of aryl methyl sites for hydroxylation is 1. The van der Waals surface area contributed by atoms with E-state index in [-0.39, 0.29) is 47.2 Å². The first-order valence-electron chi connectivity index (χ1n) is 15.5. The second-order valence-electron chi connectivity index (χ2n) is 12.7. The highest BCUT2D eigenvalue weighted by atomic mass is 19.1. The zero-order chi connectivity index (χ0) is 30.7. The van der Waals surface area contributed by atoms with Gasteiger partial charge in [0.25, 0.3) is 0 Å². The summed E-state index contributed by atoms with van der Waals surface area (Å²) < 4.78 is 38.0. The van der Waals surface area contributed by atoms with Crippen LogP contribution in [0.3, 0.4) is 0 Å². The first-order valence-corrected chi connectivity index (χ1v) is 15.5. The van der Waals surface area contributed by atoms with Crippen LogP contribution in [0, 0.1) is 17.6 Å². The summed E-state index contributed by atoms with van der Waals surface area (Å²) in [4.78, 5) is 18.0. The van der Waals surface area contributed by atoms with Crippen LogP contribution < -0.4 is 9.64 Å². The predicted molar refractivity (Wildman–Crippen MR) is 163 cm³/mol. The lowest BCUT2D eigenvalue weighted by atomic mass is 9.92. The molecule has 0 aliphatic carbocycles. The van der Waals surface area contributed by atoms with E-state index >= 15 is 4.39 Å². The van der Waals surface area contributed by atoms with Crippen molar-refractivity contribution in [3.8, 4) is 23.0 Å². The highest BCUT2D eigenvalue weighted by molar-refractivity contribution is 6.01. The molecule has 9 nitrogen and oxygen atoms in total. The fraction of sp³-hybridized carbons (Fsp3) is 0.485. The average molecular weight is 606 g/mol. The number of fused-ring (bicyclic) bond motifs is 3. The van der Waals surface area contributed by atoms with Gasteiger partial charge in [0.05, 0.1) is 29.7 Å². The third kappa shape index (κ3) is 4.72. The average Bonchev–Trinajstić information content (AvgIpc) is 3.67. The quantitative estimate of drug-likeness (QED) is 0.279. The first kappa shape index (κ1) is 29.1. The number of rotatable bonds is 7. The number of aromatic nitrogens is 3. The Balaban J connectivity index is 1.39. The summed E-state index contributed by atoms with van der Waals surface area (Å²) >= 11 is 0. The number of phenols is 1. The summed E-state index contributed by atoms with van der Waals surface area (Å²) in [5.41, 5.74) is 0.412. The van der Waals surface area contributed by atoms with Crippen LogP contribution in [0.1, 0.15) is 45.1 Å². The van der Waals surface area contributed by atoms with Crippen LogP contribution >= 0.6 is 0 Å². The lowest BCUT2D eigenvalue weighted by Gasteiger charge is -2.31. The van der Waals surface area contributed by atoms with Gasteiger partial charge in [-0.25, -0.2) is 8.78 Å². The second-order valence-corrected chi connectivity index (χ2v) is 12.7. The van der Waals surface area contributed by atoms with Crippen molar-refractivity contribution in [2.75, 3.05) is 37.7 Å². The van der Waals surface area contributed by atoms with Gasteiger partial charge in [0.15, 0.2) is 5.82 Å². The summed E-state index contributed by atoms with van der Waals surface area (Å²) in [5, 5.41) is 32.4. The monoisotopic (exact) mass is 605 g/mol. The van der Waals surface area contributed by atoms with Crippen molar-refractivity contribution in [2.45, 2.75) is 63.6 Å². The van der Waals surface area contributed by atoms with Gasteiger partial charge in [-0.1, -0.05) is 19.9 Å². The molecule has 4 aromatic rings. The van der Waals surface area contributed by atoms with Crippen LogP contribution in [0.4, 0.5) is 14.6 Å². The Morgan fingerprint density at radius 2 is 2.00 bits per heavy atom. The van der Waals surface area contributed by atoms with Gasteiger partial charge in [-0.2, -0.15) is 9.97 Å². The van der Waals surface area contributed by atoms with Crippen LogP contribution in [0.5, 0.6) is 11.8 Å². The Bertz CT molecular complexity index is 1760. The topological polar surface area (TPSA) is 115 Å². The molecule has 3 saturated heterocycles. The summed E-state index contributed by atoms with van der Waals surface area (Å²) in [6.45, 7) is 6.44. The SMILES string of the molecule is CCc1c(F)ccc2cc(O)cc(-c3ncc4c(N5C[C@H](O)C[C@H]5CO)nc(OC[C@@]56CCCN5C[C@H](C)C6)nc4c3F)c12. The molecule has 7 rings (SSSR count). The number of hydrogen-bond donors (Lipinski definition) is 3. The van der Waals surface area contributed by atoms with Gasteiger partial charge in [-0.15, -0.1) is 0 Å². The molecule has 0 saturated carbocycles. The fourth-order valence-electron chi connectivity index (χ4n) is 7.87. The summed E-state index contributed by atoms with van der Waals surface area (Å²) in [5.74, 6) is -0.412. The molecule has 232 valence electrons. The minimum atomic E-state index is -0.760. The van der Waals surface area contributed by atoms with Gasteiger partial charge in [0, 0.05) is 24.8 Å². The standard InChI is InChI=1S/C33H37F2N5O4/c1-3-23-26(34)6-5-19-9-21(42)11-24(27(19)23)29-28(35)30-25(13-36-29)31(40-15-22(43)10-20(40)16-41)38-32(37-30)44-17-33-7-4-8-39(33)14-18(2)12-33/h5-6,9,11,13,18,20,22,41-43H,3-4,7-8,10,12,14-17H2,1-2H3/t18-,20+,22-,33+/m1/s1. The van der Waals surface area contributed by atoms with Crippen LogP contribution in [0.15, 0.2) is 30.5 Å². The van der Waals surface area contributed by atoms with Gasteiger partial charge >= 0.3 is 6.01 Å². The Morgan fingerprint density at radius 3 is 2.80 bits per heavy atom. The normalized spacial score (nSPS) is 25.4. The number of ether oxygens (including phenoxy) is 1. The molecule has 0 unspecified atom stereocenters. The smallest absolute Gasteiger partial charge is 0.319 e. The molecule has 11 heteroatoms. The van der Waals surface area contributed by atoms with Crippen molar-refractivity contribution in [3.05, 3.63) is 47.7 Å². The first-order chi connectivity index (χ1) is 21.2. The van der Waals surface area contributed by atoms with E-state index in [4.69, 9.17) is 9.72 Å². The van der Waals surface area contributed by atoms with Gasteiger partial charge in [-0.3, -0.25) is 9.88 Å². The molecule has 2 aromatic heterocycles. The number of pyridine rings is 1. The van der Waals surface area contributed by atoms with Crippen molar-refractivity contribution < 1.29 is 28.8 Å². The molecule has 3 aliphatic heterocycles. The van der Waals surface area contributed by atoms with Crippen molar-refractivity contribution in [2.24, 2.45) is 5.92 Å². The van der Waals surface area contributed by atoms with Gasteiger partial charge in [-0.05, 0) is 79.1 Å². The summed E-state index contributed by atoms with van der Waals surface area (Å²) in [6, 6.07) is 5.39. The number of β-amino-alcohol motifs (C(OH)–C–C–N with tert-alkyl or cyclic N) is 1. The van der Waals surface area contributed by atoms with E-state index in [2.05, 4.69) is 21.8 Å². The van der Waals surface area contributed by atoms with Crippen molar-refractivity contribution in [1.82, 2.24) is 19.9 Å². The van der Waals surface area contributed by atoms with E-state index in [0.29, 0.717) is 52.9 Å². The van der Waals surface area contributed by atoms with Crippen LogP contribution in [0.25, 0.3) is 32.9 Å². The molecule has 44 heavy (non-hydrogen) atoms. The van der Waals surface area contributed by atoms with Gasteiger partial charge < -0.3 is 25.0 Å². The van der Waals surface area contributed by atoms with Gasteiger partial charge in [0.1, 0.15) is 35.2 Å². The van der Waals surface area contributed by atoms with Crippen molar-refractivity contribution in [1.29, 1.82) is 0 Å². The number of aromatic hydroxyl groups is 1. The molecular weight excluding hydrogens is 568 g/mol. The number of halogens is 2. The third-order valence-corrected chi connectivity index (χ3v) is 9.75. The van der Waals surface area contributed by atoms with E-state index in [9.17, 15) is 19.7 Å². The van der Waals surface area contributed by atoms with E-state index < -0.39 is 23.8 Å². The molecule has 3 N–H and O–H groups in total. The lowest BCUT2D eigenvalue weighted by Crippen LogP contribution is -2.43. The van der Waals surface area contributed by atoms with E-state index in [1.165, 1.54) is 24.4 Å². The largest absolute Gasteiger partial charge is 0.508 e. The van der Waals surface area contributed by atoms with Crippen LogP contribution in [-0.2, 0) is 6.42 Å². The highest BCUT2D eigenvalue weighted by Crippen LogP contribution is 2.43. The van der Waals surface area contributed by atoms with Gasteiger partial charge in [0.2, 0.25) is 0 Å². The zero-order valence-corrected chi connectivity index (χ0v) is 24.9. The maximum absolute atomic E-state index is 16.8. The van der Waals surface area contributed by atoms with E-state index in [1.54, 1.807) is 11.0 Å². The fourth-order valence-corrected chi connectivity index (χ4v) is 7.87. The van der Waals surface area contributed by atoms with Crippen LogP contribution in [0.2, 0.25) is 0 Å². The molecule has 5 heterocycles. The Hall–Kier alpha value is -3.67. The van der Waals surface area contributed by atoms with E-state index in [1.807, 2.05) is 6.92 Å². The minimum absolute atomic E-state index is 0.00321. The molecule has 0 radical (unpaired) electrons. The van der Waals surface area contributed by atoms with Crippen molar-refractivity contribution >= 4 is 27.5 Å². The predicted octanol–water partition coefficient (Wildman–Crippen LogP) is 4.58. The minimum Gasteiger partial charge on any atom is -0.508 e.